The van der Waals surface area contributed by atoms with Crippen LogP contribution in [0.15, 0.2) is 70.7 Å². The second-order valence-electron chi connectivity index (χ2n) is 7.05. The highest BCUT2D eigenvalue weighted by Crippen LogP contribution is 2.27. The normalized spacial score (nSPS) is 14.1. The van der Waals surface area contributed by atoms with E-state index >= 15 is 0 Å². The van der Waals surface area contributed by atoms with Crippen LogP contribution >= 0.6 is 11.8 Å². The smallest absolute Gasteiger partial charge is 0.187 e. The van der Waals surface area contributed by atoms with E-state index in [2.05, 4.69) is 33.2 Å². The number of fused-ring (bicyclic) bond motifs is 1. The van der Waals surface area contributed by atoms with Crippen LogP contribution in [0.1, 0.15) is 16.8 Å². The Labute approximate surface area is 173 Å². The van der Waals surface area contributed by atoms with E-state index in [1.54, 1.807) is 18.0 Å². The Morgan fingerprint density at radius 3 is 2.83 bits per heavy atom. The fourth-order valence-electron chi connectivity index (χ4n) is 3.69. The molecule has 146 valence electrons. The quantitative estimate of drug-likeness (QED) is 0.368. The first-order valence-corrected chi connectivity index (χ1v) is 10.8. The van der Waals surface area contributed by atoms with Crippen molar-refractivity contribution in [3.05, 3.63) is 77.9 Å². The maximum Gasteiger partial charge on any atom is 0.187 e. The van der Waals surface area contributed by atoms with Gasteiger partial charge in [0, 0.05) is 49.6 Å². The Bertz CT molecular complexity index is 1110. The first-order valence-electron chi connectivity index (χ1n) is 9.59. The Kier molecular flexibility index (Phi) is 4.91. The van der Waals surface area contributed by atoms with Gasteiger partial charge in [-0.3, -0.25) is 4.90 Å². The molecule has 0 saturated carbocycles. The number of nitrogens with zero attached hydrogens (tertiary/aromatic N) is 5. The van der Waals surface area contributed by atoms with Crippen LogP contribution in [0, 0.1) is 0 Å². The van der Waals surface area contributed by atoms with E-state index in [-0.39, 0.29) is 0 Å². The summed E-state index contributed by atoms with van der Waals surface area (Å²) in [4.78, 5) is 11.5. The lowest BCUT2D eigenvalue weighted by molar-refractivity contribution is 0.242. The molecule has 0 saturated heterocycles. The van der Waals surface area contributed by atoms with Gasteiger partial charge in [0.2, 0.25) is 0 Å². The van der Waals surface area contributed by atoms with Gasteiger partial charge in [0.1, 0.15) is 5.69 Å². The van der Waals surface area contributed by atoms with Crippen molar-refractivity contribution in [2.24, 2.45) is 0 Å². The maximum absolute atomic E-state index is 5.66. The SMILES string of the molecule is CSc1ncc2c(n1)CCN(Cc1cn(-c3ccccc3)nc1-c1ccco1)C2. The number of rotatable bonds is 5. The number of hydrogen-bond acceptors (Lipinski definition) is 6. The molecule has 6 nitrogen and oxygen atoms in total. The van der Waals surface area contributed by atoms with Gasteiger partial charge in [-0.2, -0.15) is 5.10 Å². The molecule has 0 unspecified atom stereocenters. The van der Waals surface area contributed by atoms with Crippen molar-refractivity contribution in [3.8, 4) is 17.1 Å². The topological polar surface area (TPSA) is 60.0 Å². The minimum Gasteiger partial charge on any atom is -0.463 e. The number of hydrogen-bond donors (Lipinski definition) is 0. The van der Waals surface area contributed by atoms with Crippen LogP contribution < -0.4 is 0 Å². The Hall–Kier alpha value is -2.90. The number of aromatic nitrogens is 4. The van der Waals surface area contributed by atoms with Gasteiger partial charge in [0.25, 0.3) is 0 Å². The molecule has 1 aliphatic rings. The van der Waals surface area contributed by atoms with Crippen LogP contribution in [0.3, 0.4) is 0 Å². The Balaban J connectivity index is 1.44. The molecule has 1 aliphatic heterocycles. The van der Waals surface area contributed by atoms with Gasteiger partial charge >= 0.3 is 0 Å². The molecule has 1 aromatic carbocycles. The highest BCUT2D eigenvalue weighted by atomic mass is 32.2. The molecule has 4 aromatic rings. The lowest BCUT2D eigenvalue weighted by Crippen LogP contribution is -2.31. The van der Waals surface area contributed by atoms with Crippen LogP contribution in [-0.4, -0.2) is 37.4 Å². The van der Waals surface area contributed by atoms with E-state index in [9.17, 15) is 0 Å². The van der Waals surface area contributed by atoms with Gasteiger partial charge < -0.3 is 4.42 Å². The molecule has 4 heterocycles. The molecule has 5 rings (SSSR count). The molecule has 0 spiro atoms. The molecule has 0 amide bonds. The van der Waals surface area contributed by atoms with E-state index in [1.165, 1.54) is 11.3 Å². The predicted octanol–water partition coefficient (Wildman–Crippen LogP) is 4.20. The van der Waals surface area contributed by atoms with E-state index < -0.39 is 0 Å². The summed E-state index contributed by atoms with van der Waals surface area (Å²) in [5.41, 5.74) is 5.46. The summed E-state index contributed by atoms with van der Waals surface area (Å²) in [6.45, 7) is 2.61. The minimum absolute atomic E-state index is 0.792. The lowest BCUT2D eigenvalue weighted by atomic mass is 10.1. The van der Waals surface area contributed by atoms with Gasteiger partial charge in [-0.05, 0) is 30.5 Å². The predicted molar refractivity (Wildman–Crippen MR) is 113 cm³/mol. The Morgan fingerprint density at radius 1 is 1.14 bits per heavy atom. The first-order chi connectivity index (χ1) is 14.3. The van der Waals surface area contributed by atoms with Crippen LogP contribution in [0.2, 0.25) is 0 Å². The number of benzene rings is 1. The number of thioether (sulfide) groups is 1. The highest BCUT2D eigenvalue weighted by Gasteiger charge is 2.22. The van der Waals surface area contributed by atoms with E-state index in [0.717, 1.165) is 53.9 Å². The highest BCUT2D eigenvalue weighted by molar-refractivity contribution is 7.98. The third-order valence-electron chi connectivity index (χ3n) is 5.13. The first kappa shape index (κ1) is 18.1. The average molecular weight is 404 g/mol. The summed E-state index contributed by atoms with van der Waals surface area (Å²) >= 11 is 1.59. The molecule has 0 N–H and O–H groups in total. The van der Waals surface area contributed by atoms with Gasteiger partial charge in [0.15, 0.2) is 10.9 Å². The molecule has 0 radical (unpaired) electrons. The van der Waals surface area contributed by atoms with Gasteiger partial charge in [0.05, 0.1) is 17.6 Å². The summed E-state index contributed by atoms with van der Waals surface area (Å²) in [6.07, 6.45) is 8.72. The van der Waals surface area contributed by atoms with Crippen molar-refractivity contribution in [3.63, 3.8) is 0 Å². The fourth-order valence-corrected chi connectivity index (χ4v) is 4.05. The summed E-state index contributed by atoms with van der Waals surface area (Å²) < 4.78 is 7.59. The van der Waals surface area contributed by atoms with Gasteiger partial charge in [-0.25, -0.2) is 14.6 Å². The van der Waals surface area contributed by atoms with Crippen molar-refractivity contribution >= 4 is 11.8 Å². The van der Waals surface area contributed by atoms with Crippen LogP contribution in [0.5, 0.6) is 0 Å². The fraction of sp³-hybridized carbons (Fsp3) is 0.227. The van der Waals surface area contributed by atoms with Gasteiger partial charge in [-0.15, -0.1) is 0 Å². The monoisotopic (exact) mass is 403 g/mol. The number of furan rings is 1. The van der Waals surface area contributed by atoms with Crippen LogP contribution in [-0.2, 0) is 19.5 Å². The van der Waals surface area contributed by atoms with Gasteiger partial charge in [-0.1, -0.05) is 30.0 Å². The van der Waals surface area contributed by atoms with Crippen molar-refractivity contribution in [1.82, 2.24) is 24.6 Å². The second-order valence-corrected chi connectivity index (χ2v) is 7.82. The zero-order valence-electron chi connectivity index (χ0n) is 16.2. The summed E-state index contributed by atoms with van der Waals surface area (Å²) in [6, 6.07) is 14.0. The Morgan fingerprint density at radius 2 is 2.03 bits per heavy atom. The van der Waals surface area contributed by atoms with Crippen molar-refractivity contribution < 1.29 is 4.42 Å². The zero-order chi connectivity index (χ0) is 19.6. The summed E-state index contributed by atoms with van der Waals surface area (Å²) in [7, 11) is 0. The van der Waals surface area contributed by atoms with Crippen LogP contribution in [0.4, 0.5) is 0 Å². The van der Waals surface area contributed by atoms with E-state index in [1.807, 2.05) is 47.5 Å². The minimum atomic E-state index is 0.792. The van der Waals surface area contributed by atoms with Crippen molar-refractivity contribution in [1.29, 1.82) is 0 Å². The third kappa shape index (κ3) is 3.71. The molecule has 29 heavy (non-hydrogen) atoms. The largest absolute Gasteiger partial charge is 0.463 e. The number of para-hydroxylation sites is 1. The standard InChI is InChI=1S/C22H21N5OS/c1-29-22-23-12-16-13-26(10-9-19(16)24-22)14-17-15-27(18-6-3-2-4-7-18)25-21(17)20-8-5-11-28-20/h2-8,11-12,15H,9-10,13-14H2,1H3. The molecule has 3 aromatic heterocycles. The molecular formula is C22H21N5OS. The molecule has 0 fully saturated rings. The van der Waals surface area contributed by atoms with E-state index in [4.69, 9.17) is 9.52 Å². The summed E-state index contributed by atoms with van der Waals surface area (Å²) in [5, 5.41) is 5.67. The van der Waals surface area contributed by atoms with Crippen LogP contribution in [0.25, 0.3) is 17.1 Å². The molecule has 0 bridgehead atoms. The maximum atomic E-state index is 5.66. The second kappa shape index (κ2) is 7.85. The van der Waals surface area contributed by atoms with E-state index in [0.29, 0.717) is 0 Å². The molecular weight excluding hydrogens is 382 g/mol. The third-order valence-corrected chi connectivity index (χ3v) is 5.69. The molecule has 0 aliphatic carbocycles. The van der Waals surface area contributed by atoms with Crippen molar-refractivity contribution in [2.45, 2.75) is 24.7 Å². The average Bonchev–Trinajstić information content (AvgIpc) is 3.44. The summed E-state index contributed by atoms with van der Waals surface area (Å²) in [5.74, 6) is 0.792. The molecule has 7 heteroatoms. The van der Waals surface area contributed by atoms with Crippen molar-refractivity contribution in [2.75, 3.05) is 12.8 Å². The lowest BCUT2D eigenvalue weighted by Gasteiger charge is -2.27. The zero-order valence-corrected chi connectivity index (χ0v) is 17.0. The molecule has 0 atom stereocenters.